The van der Waals surface area contributed by atoms with Crippen molar-refractivity contribution in [1.29, 1.82) is 0 Å². The van der Waals surface area contributed by atoms with E-state index in [1.165, 1.54) is 30.4 Å². The number of hydrogen-bond acceptors (Lipinski definition) is 1. The number of benzene rings is 1. The summed E-state index contributed by atoms with van der Waals surface area (Å²) in [5, 5.41) is 10.2. The van der Waals surface area contributed by atoms with Gasteiger partial charge in [-0.05, 0) is 56.9 Å². The summed E-state index contributed by atoms with van der Waals surface area (Å²) >= 11 is 0. The molecule has 1 aromatic rings. The van der Waals surface area contributed by atoms with Gasteiger partial charge >= 0.3 is 0 Å². The van der Waals surface area contributed by atoms with Crippen LogP contribution in [0.3, 0.4) is 0 Å². The van der Waals surface area contributed by atoms with Crippen molar-refractivity contribution in [3.63, 3.8) is 0 Å². The van der Waals surface area contributed by atoms with E-state index in [1.807, 2.05) is 13.8 Å². The molecule has 1 heteroatoms. The lowest BCUT2D eigenvalue weighted by atomic mass is 9.81. The zero-order valence-electron chi connectivity index (χ0n) is 14.8. The highest BCUT2D eigenvalue weighted by Gasteiger charge is 2.22. The minimum absolute atomic E-state index is 0.560. The zero-order chi connectivity index (χ0) is 16.0. The number of aliphatic hydroxyl groups is 1. The Hall–Kier alpha value is -0.820. The van der Waals surface area contributed by atoms with E-state index in [9.17, 15) is 5.11 Å². The maximum absolute atomic E-state index is 10.2. The minimum atomic E-state index is -0.561. The van der Waals surface area contributed by atoms with Crippen molar-refractivity contribution in [3.05, 3.63) is 35.4 Å². The van der Waals surface area contributed by atoms with Gasteiger partial charge < -0.3 is 5.11 Å². The van der Waals surface area contributed by atoms with Crippen LogP contribution in [-0.2, 0) is 0 Å². The molecule has 0 radical (unpaired) electrons. The fourth-order valence-corrected chi connectivity index (χ4v) is 3.11. The molecule has 120 valence electrons. The van der Waals surface area contributed by atoms with Crippen LogP contribution in [0.2, 0.25) is 0 Å². The van der Waals surface area contributed by atoms with Crippen LogP contribution in [-0.4, -0.2) is 10.7 Å². The van der Waals surface area contributed by atoms with Gasteiger partial charge in [-0.3, -0.25) is 0 Å². The van der Waals surface area contributed by atoms with Crippen LogP contribution in [0.15, 0.2) is 24.3 Å². The summed E-state index contributed by atoms with van der Waals surface area (Å²) in [7, 11) is 0. The molecule has 0 aliphatic heterocycles. The van der Waals surface area contributed by atoms with E-state index < -0.39 is 5.60 Å². The average molecular weight is 290 g/mol. The average Bonchev–Trinajstić information content (AvgIpc) is 2.34. The van der Waals surface area contributed by atoms with Crippen molar-refractivity contribution in [2.75, 3.05) is 0 Å². The molecule has 1 rings (SSSR count). The Kier molecular flexibility index (Phi) is 6.93. The standard InChI is InChI=1S/C20H34O/c1-15(2)7-10-18(14-20(5,6)21)13-17(4)19-11-8-16(3)9-12-19/h8-9,11-12,15,17-18,21H,7,10,13-14H2,1-6H3/t17-,18?/m0/s1. The molecule has 0 amide bonds. The Bertz CT molecular complexity index is 397. The van der Waals surface area contributed by atoms with E-state index in [2.05, 4.69) is 52.0 Å². The van der Waals surface area contributed by atoms with Crippen molar-refractivity contribution in [2.45, 2.75) is 78.7 Å². The fraction of sp³-hybridized carbons (Fsp3) is 0.700. The second-order valence-corrected chi connectivity index (χ2v) is 7.90. The Morgan fingerprint density at radius 1 is 1.00 bits per heavy atom. The second-order valence-electron chi connectivity index (χ2n) is 7.90. The summed E-state index contributed by atoms with van der Waals surface area (Å²) < 4.78 is 0. The van der Waals surface area contributed by atoms with Crippen LogP contribution in [0.4, 0.5) is 0 Å². The Morgan fingerprint density at radius 2 is 1.57 bits per heavy atom. The van der Waals surface area contributed by atoms with Gasteiger partial charge in [0.25, 0.3) is 0 Å². The van der Waals surface area contributed by atoms with E-state index >= 15 is 0 Å². The van der Waals surface area contributed by atoms with Gasteiger partial charge in [0.15, 0.2) is 0 Å². The second kappa shape index (κ2) is 7.98. The first-order chi connectivity index (χ1) is 9.67. The molecule has 0 heterocycles. The lowest BCUT2D eigenvalue weighted by Crippen LogP contribution is -2.24. The van der Waals surface area contributed by atoms with Gasteiger partial charge in [-0.25, -0.2) is 0 Å². The van der Waals surface area contributed by atoms with Crippen molar-refractivity contribution < 1.29 is 5.11 Å². The van der Waals surface area contributed by atoms with Gasteiger partial charge in [0.05, 0.1) is 5.60 Å². The van der Waals surface area contributed by atoms with Gasteiger partial charge in [-0.15, -0.1) is 0 Å². The summed E-state index contributed by atoms with van der Waals surface area (Å²) in [6, 6.07) is 8.91. The normalized spacial score (nSPS) is 15.2. The highest BCUT2D eigenvalue weighted by molar-refractivity contribution is 5.24. The molecule has 0 aliphatic rings. The van der Waals surface area contributed by atoms with Crippen LogP contribution in [0.25, 0.3) is 0 Å². The molecule has 1 nitrogen and oxygen atoms in total. The Morgan fingerprint density at radius 3 is 2.05 bits per heavy atom. The van der Waals surface area contributed by atoms with Crippen LogP contribution >= 0.6 is 0 Å². The fourth-order valence-electron chi connectivity index (χ4n) is 3.11. The lowest BCUT2D eigenvalue weighted by Gasteiger charge is -2.28. The summed E-state index contributed by atoms with van der Waals surface area (Å²) in [5.41, 5.74) is 2.18. The van der Waals surface area contributed by atoms with Crippen LogP contribution in [0, 0.1) is 18.8 Å². The monoisotopic (exact) mass is 290 g/mol. The summed E-state index contributed by atoms with van der Waals surface area (Å²) in [4.78, 5) is 0. The molecule has 21 heavy (non-hydrogen) atoms. The third-order valence-corrected chi connectivity index (χ3v) is 4.27. The molecule has 0 bridgehead atoms. The third kappa shape index (κ3) is 7.66. The molecule has 0 saturated carbocycles. The summed E-state index contributed by atoms with van der Waals surface area (Å²) in [6.45, 7) is 12.9. The maximum atomic E-state index is 10.2. The van der Waals surface area contributed by atoms with E-state index in [0.717, 1.165) is 12.3 Å². The summed E-state index contributed by atoms with van der Waals surface area (Å²) in [6.07, 6.45) is 4.54. The smallest absolute Gasteiger partial charge is 0.0594 e. The van der Waals surface area contributed by atoms with Gasteiger partial charge in [0, 0.05) is 0 Å². The highest BCUT2D eigenvalue weighted by atomic mass is 16.3. The third-order valence-electron chi connectivity index (χ3n) is 4.27. The quantitative estimate of drug-likeness (QED) is 0.651. The lowest BCUT2D eigenvalue weighted by molar-refractivity contribution is 0.0475. The van der Waals surface area contributed by atoms with Crippen molar-refractivity contribution in [2.24, 2.45) is 11.8 Å². The molecule has 0 aromatic heterocycles. The molecule has 0 spiro atoms. The predicted octanol–water partition coefficient (Wildman–Crippen LogP) is 5.70. The van der Waals surface area contributed by atoms with E-state index in [-0.39, 0.29) is 0 Å². The number of rotatable bonds is 8. The van der Waals surface area contributed by atoms with Gasteiger partial charge in [0.1, 0.15) is 0 Å². The van der Waals surface area contributed by atoms with E-state index in [0.29, 0.717) is 11.8 Å². The maximum Gasteiger partial charge on any atom is 0.0594 e. The van der Waals surface area contributed by atoms with Crippen molar-refractivity contribution in [3.8, 4) is 0 Å². The zero-order valence-corrected chi connectivity index (χ0v) is 14.8. The Labute approximate surface area is 131 Å². The molecule has 2 atom stereocenters. The van der Waals surface area contributed by atoms with Crippen LogP contribution in [0.1, 0.15) is 77.3 Å². The summed E-state index contributed by atoms with van der Waals surface area (Å²) in [5.74, 6) is 1.90. The topological polar surface area (TPSA) is 20.2 Å². The van der Waals surface area contributed by atoms with Gasteiger partial charge in [-0.1, -0.05) is 63.4 Å². The van der Waals surface area contributed by atoms with Gasteiger partial charge in [-0.2, -0.15) is 0 Å². The molecular weight excluding hydrogens is 256 g/mol. The van der Waals surface area contributed by atoms with E-state index in [4.69, 9.17) is 0 Å². The molecule has 1 unspecified atom stereocenters. The minimum Gasteiger partial charge on any atom is -0.390 e. The van der Waals surface area contributed by atoms with Crippen molar-refractivity contribution in [1.82, 2.24) is 0 Å². The molecular formula is C20H34O. The molecule has 0 aliphatic carbocycles. The molecule has 1 aromatic carbocycles. The van der Waals surface area contributed by atoms with Crippen molar-refractivity contribution >= 4 is 0 Å². The predicted molar refractivity (Wildman–Crippen MR) is 92.7 cm³/mol. The van der Waals surface area contributed by atoms with Gasteiger partial charge in [0.2, 0.25) is 0 Å². The number of hydrogen-bond donors (Lipinski definition) is 1. The number of aryl methyl sites for hydroxylation is 1. The molecule has 1 N–H and O–H groups in total. The van der Waals surface area contributed by atoms with Crippen LogP contribution in [0.5, 0.6) is 0 Å². The molecule has 0 saturated heterocycles. The van der Waals surface area contributed by atoms with Crippen LogP contribution < -0.4 is 0 Å². The largest absolute Gasteiger partial charge is 0.390 e. The highest BCUT2D eigenvalue weighted by Crippen LogP contribution is 2.32. The molecule has 0 fully saturated rings. The Balaban J connectivity index is 2.67. The first kappa shape index (κ1) is 18.2. The SMILES string of the molecule is Cc1ccc([C@@H](C)CC(CCC(C)C)CC(C)(C)O)cc1. The first-order valence-electron chi connectivity index (χ1n) is 8.46. The first-order valence-corrected chi connectivity index (χ1v) is 8.46. The van der Waals surface area contributed by atoms with E-state index in [1.54, 1.807) is 0 Å².